The van der Waals surface area contributed by atoms with Crippen LogP contribution in [0.1, 0.15) is 17.5 Å². The average Bonchev–Trinajstić information content (AvgIpc) is 2.96. The molecule has 0 radical (unpaired) electrons. The second-order valence-corrected chi connectivity index (χ2v) is 6.05. The number of anilines is 1. The number of aromatic amines is 1. The number of aliphatic hydroxyl groups is 1. The molecule has 6 nitrogen and oxygen atoms in total. The largest absolute Gasteiger partial charge is 0.395 e. The summed E-state index contributed by atoms with van der Waals surface area (Å²) in [5.74, 6) is 5.63. The average molecular weight is 305 g/mol. The maximum atomic E-state index is 12.2. The van der Waals surface area contributed by atoms with Crippen molar-refractivity contribution in [1.29, 1.82) is 0 Å². The predicted octanol–water partition coefficient (Wildman–Crippen LogP) is 1.25. The Labute approximate surface area is 123 Å². The third kappa shape index (κ3) is 3.84. The molecule has 110 valence electrons. The fraction of sp³-hybridized carbons (Fsp3) is 0.214. The second-order valence-electron chi connectivity index (χ2n) is 4.36. The summed E-state index contributed by atoms with van der Waals surface area (Å²) in [6.45, 7) is 1.83. The fourth-order valence-electron chi connectivity index (χ4n) is 1.65. The Morgan fingerprint density at radius 2 is 2.24 bits per heavy atom. The molecule has 1 aromatic heterocycles. The number of benzene rings is 1. The highest BCUT2D eigenvalue weighted by Gasteiger charge is 2.16. The molecule has 0 amide bonds. The Kier molecular flexibility index (Phi) is 4.62. The Bertz CT molecular complexity index is 772. The van der Waals surface area contributed by atoms with Crippen molar-refractivity contribution >= 4 is 15.7 Å². The van der Waals surface area contributed by atoms with Gasteiger partial charge in [0.1, 0.15) is 4.90 Å². The van der Waals surface area contributed by atoms with E-state index in [9.17, 15) is 8.42 Å². The molecule has 0 bridgehead atoms. The van der Waals surface area contributed by atoms with Crippen LogP contribution in [0, 0.1) is 18.8 Å². The third-order valence-corrected chi connectivity index (χ3v) is 4.00. The highest BCUT2D eigenvalue weighted by Crippen LogP contribution is 2.20. The normalized spacial score (nSPS) is 10.8. The molecule has 0 aliphatic heterocycles. The molecule has 0 aliphatic rings. The molecule has 0 aliphatic carbocycles. The lowest BCUT2D eigenvalue weighted by atomic mass is 10.1. The standard InChI is InChI=1S/C14H15N3O3S/c1-11-5-6-12(4-2-3-7-18)14(8-11)17-21(19,20)13-9-15-16-10-13/h5-6,8-10,17-18H,3,7H2,1H3,(H,15,16). The Morgan fingerprint density at radius 1 is 1.43 bits per heavy atom. The summed E-state index contributed by atoms with van der Waals surface area (Å²) >= 11 is 0. The number of hydrogen-bond donors (Lipinski definition) is 3. The number of H-pyrrole nitrogens is 1. The minimum Gasteiger partial charge on any atom is -0.395 e. The number of nitrogens with zero attached hydrogens (tertiary/aromatic N) is 1. The smallest absolute Gasteiger partial charge is 0.265 e. The first-order chi connectivity index (χ1) is 10.0. The van der Waals surface area contributed by atoms with Gasteiger partial charge in [-0.3, -0.25) is 9.82 Å². The zero-order chi connectivity index (χ0) is 15.3. The van der Waals surface area contributed by atoms with Crippen molar-refractivity contribution < 1.29 is 13.5 Å². The maximum Gasteiger partial charge on any atom is 0.265 e. The van der Waals surface area contributed by atoms with E-state index in [-0.39, 0.29) is 11.5 Å². The van der Waals surface area contributed by atoms with Gasteiger partial charge in [0.15, 0.2) is 0 Å². The minimum atomic E-state index is -3.70. The van der Waals surface area contributed by atoms with Crippen LogP contribution in [-0.2, 0) is 10.0 Å². The molecule has 2 rings (SSSR count). The van der Waals surface area contributed by atoms with Crippen molar-refractivity contribution in [2.45, 2.75) is 18.2 Å². The van der Waals surface area contributed by atoms with Gasteiger partial charge < -0.3 is 5.11 Å². The van der Waals surface area contributed by atoms with Crippen LogP contribution in [0.4, 0.5) is 5.69 Å². The van der Waals surface area contributed by atoms with E-state index in [1.807, 2.05) is 13.0 Å². The van der Waals surface area contributed by atoms with E-state index in [1.165, 1.54) is 12.4 Å². The quantitative estimate of drug-likeness (QED) is 0.741. The molecular weight excluding hydrogens is 290 g/mol. The van der Waals surface area contributed by atoms with Gasteiger partial charge in [0.05, 0.1) is 18.5 Å². The van der Waals surface area contributed by atoms with Crippen LogP contribution in [0.15, 0.2) is 35.5 Å². The summed E-state index contributed by atoms with van der Waals surface area (Å²) in [6, 6.07) is 5.30. The van der Waals surface area contributed by atoms with E-state index in [2.05, 4.69) is 26.8 Å². The van der Waals surface area contributed by atoms with E-state index in [4.69, 9.17) is 5.11 Å². The summed E-state index contributed by atoms with van der Waals surface area (Å²) in [5, 5.41) is 14.8. The summed E-state index contributed by atoms with van der Waals surface area (Å²) in [5.41, 5.74) is 1.87. The molecule has 3 N–H and O–H groups in total. The van der Waals surface area contributed by atoms with Crippen molar-refractivity contribution in [1.82, 2.24) is 10.2 Å². The van der Waals surface area contributed by atoms with Gasteiger partial charge >= 0.3 is 0 Å². The van der Waals surface area contributed by atoms with Crippen LogP contribution in [-0.4, -0.2) is 30.3 Å². The maximum absolute atomic E-state index is 12.2. The molecule has 7 heteroatoms. The van der Waals surface area contributed by atoms with Gasteiger partial charge in [0.2, 0.25) is 0 Å². The van der Waals surface area contributed by atoms with Gasteiger partial charge in [0, 0.05) is 18.2 Å². The monoisotopic (exact) mass is 305 g/mol. The molecule has 0 spiro atoms. The third-order valence-electron chi connectivity index (χ3n) is 2.66. The van der Waals surface area contributed by atoms with Crippen molar-refractivity contribution in [3.05, 3.63) is 41.7 Å². The molecule has 2 aromatic rings. The SMILES string of the molecule is Cc1ccc(C#CCCO)c(NS(=O)(=O)c2cn[nH]c2)c1. The van der Waals surface area contributed by atoms with Crippen LogP contribution in [0.2, 0.25) is 0 Å². The van der Waals surface area contributed by atoms with Crippen molar-refractivity contribution in [3.8, 4) is 11.8 Å². The number of rotatable bonds is 4. The first kappa shape index (κ1) is 15.1. The minimum absolute atomic E-state index is 0.0328. The first-order valence-corrected chi connectivity index (χ1v) is 7.73. The molecule has 1 heterocycles. The summed E-state index contributed by atoms with van der Waals surface area (Å²) < 4.78 is 26.9. The van der Waals surface area contributed by atoms with Gasteiger partial charge in [-0.1, -0.05) is 17.9 Å². The van der Waals surface area contributed by atoms with E-state index in [0.717, 1.165) is 5.56 Å². The predicted molar refractivity (Wildman–Crippen MR) is 79.2 cm³/mol. The van der Waals surface area contributed by atoms with Crippen molar-refractivity contribution in [2.75, 3.05) is 11.3 Å². The molecule has 0 saturated heterocycles. The van der Waals surface area contributed by atoms with E-state index < -0.39 is 10.0 Å². The van der Waals surface area contributed by atoms with Crippen molar-refractivity contribution in [3.63, 3.8) is 0 Å². The number of aliphatic hydroxyl groups excluding tert-OH is 1. The topological polar surface area (TPSA) is 95.1 Å². The Hall–Kier alpha value is -2.30. The molecule has 0 saturated carbocycles. The molecule has 1 aromatic carbocycles. The van der Waals surface area contributed by atoms with Crippen LogP contribution < -0.4 is 4.72 Å². The van der Waals surface area contributed by atoms with Crippen LogP contribution in [0.25, 0.3) is 0 Å². The van der Waals surface area contributed by atoms with E-state index in [0.29, 0.717) is 17.7 Å². The zero-order valence-corrected chi connectivity index (χ0v) is 12.2. The Balaban J connectivity index is 2.35. The molecule has 0 unspecified atom stereocenters. The summed E-state index contributed by atoms with van der Waals surface area (Å²) in [6.07, 6.45) is 2.87. The fourth-order valence-corrected chi connectivity index (χ4v) is 2.63. The summed E-state index contributed by atoms with van der Waals surface area (Å²) in [7, 11) is -3.70. The Morgan fingerprint density at radius 3 is 2.90 bits per heavy atom. The molecule has 0 atom stereocenters. The molecular formula is C14H15N3O3S. The lowest BCUT2D eigenvalue weighted by Gasteiger charge is -2.09. The second kappa shape index (κ2) is 6.43. The summed E-state index contributed by atoms with van der Waals surface area (Å²) in [4.78, 5) is 0.0540. The molecule has 0 fully saturated rings. The number of hydrogen-bond acceptors (Lipinski definition) is 4. The van der Waals surface area contributed by atoms with E-state index in [1.54, 1.807) is 12.1 Å². The number of aryl methyl sites for hydroxylation is 1. The van der Waals surface area contributed by atoms with Gasteiger partial charge in [-0.2, -0.15) is 5.10 Å². The van der Waals surface area contributed by atoms with Gasteiger partial charge in [-0.25, -0.2) is 8.42 Å². The lowest BCUT2D eigenvalue weighted by Crippen LogP contribution is -2.13. The van der Waals surface area contributed by atoms with Crippen LogP contribution in [0.5, 0.6) is 0 Å². The van der Waals surface area contributed by atoms with Crippen LogP contribution in [0.3, 0.4) is 0 Å². The van der Waals surface area contributed by atoms with Crippen LogP contribution >= 0.6 is 0 Å². The first-order valence-electron chi connectivity index (χ1n) is 6.25. The van der Waals surface area contributed by atoms with Gasteiger partial charge in [-0.15, -0.1) is 0 Å². The molecule has 21 heavy (non-hydrogen) atoms. The van der Waals surface area contributed by atoms with Crippen molar-refractivity contribution in [2.24, 2.45) is 0 Å². The highest BCUT2D eigenvalue weighted by molar-refractivity contribution is 7.92. The highest BCUT2D eigenvalue weighted by atomic mass is 32.2. The lowest BCUT2D eigenvalue weighted by molar-refractivity contribution is 0.305. The number of nitrogens with one attached hydrogen (secondary N) is 2. The number of aromatic nitrogens is 2. The number of sulfonamides is 1. The van der Waals surface area contributed by atoms with Gasteiger partial charge in [-0.05, 0) is 24.6 Å². The zero-order valence-electron chi connectivity index (χ0n) is 11.4. The van der Waals surface area contributed by atoms with E-state index >= 15 is 0 Å². The van der Waals surface area contributed by atoms with Gasteiger partial charge in [0.25, 0.3) is 10.0 Å².